The van der Waals surface area contributed by atoms with E-state index >= 15 is 0 Å². The van der Waals surface area contributed by atoms with Gasteiger partial charge < -0.3 is 5.32 Å². The zero-order chi connectivity index (χ0) is 13.0. The van der Waals surface area contributed by atoms with E-state index in [2.05, 4.69) is 15.3 Å². The molecule has 1 aromatic carbocycles. The minimum Gasteiger partial charge on any atom is -0.365 e. The molecular weight excluding hydrogens is 257 g/mol. The van der Waals surface area contributed by atoms with Gasteiger partial charge in [-0.05, 0) is 17.7 Å². The van der Waals surface area contributed by atoms with E-state index in [9.17, 15) is 9.18 Å². The van der Waals surface area contributed by atoms with Crippen LogP contribution in [0.1, 0.15) is 15.9 Å². The molecule has 4 nitrogen and oxygen atoms in total. The predicted octanol–water partition coefficient (Wildman–Crippen LogP) is 2.69. The smallest absolute Gasteiger partial charge is 0.156 e. The molecule has 1 aromatic heterocycles. The van der Waals surface area contributed by atoms with Crippen molar-refractivity contribution in [2.45, 2.75) is 6.54 Å². The molecule has 0 fully saturated rings. The second kappa shape index (κ2) is 5.55. The van der Waals surface area contributed by atoms with Crippen molar-refractivity contribution in [3.05, 3.63) is 52.7 Å². The second-order valence-corrected chi connectivity index (χ2v) is 3.88. The maximum atomic E-state index is 12.7. The third-order valence-corrected chi connectivity index (χ3v) is 2.63. The minimum absolute atomic E-state index is 0.0987. The van der Waals surface area contributed by atoms with Crippen LogP contribution >= 0.6 is 11.6 Å². The van der Waals surface area contributed by atoms with Crippen molar-refractivity contribution in [1.29, 1.82) is 0 Å². The van der Waals surface area contributed by atoms with E-state index in [-0.39, 0.29) is 16.5 Å². The number of carbonyl (C=O) groups is 1. The summed E-state index contributed by atoms with van der Waals surface area (Å²) in [7, 11) is 0. The SMILES string of the molecule is O=Cc1c(Cl)ncnc1NCc1ccc(F)cc1. The second-order valence-electron chi connectivity index (χ2n) is 3.52. The third-order valence-electron chi connectivity index (χ3n) is 2.33. The Hall–Kier alpha value is -2.01. The number of aldehydes is 1. The van der Waals surface area contributed by atoms with Gasteiger partial charge in [-0.2, -0.15) is 0 Å². The molecule has 92 valence electrons. The predicted molar refractivity (Wildman–Crippen MR) is 66.2 cm³/mol. The molecule has 1 heterocycles. The molecule has 0 aliphatic carbocycles. The summed E-state index contributed by atoms with van der Waals surface area (Å²) in [6.45, 7) is 0.411. The highest BCUT2D eigenvalue weighted by Gasteiger charge is 2.08. The maximum absolute atomic E-state index is 12.7. The highest BCUT2D eigenvalue weighted by molar-refractivity contribution is 6.32. The molecule has 0 saturated carbocycles. The van der Waals surface area contributed by atoms with Crippen LogP contribution in [0.25, 0.3) is 0 Å². The Morgan fingerprint density at radius 2 is 2.00 bits per heavy atom. The number of carbonyl (C=O) groups excluding carboxylic acids is 1. The molecule has 0 atom stereocenters. The van der Waals surface area contributed by atoms with Gasteiger partial charge in [-0.15, -0.1) is 0 Å². The van der Waals surface area contributed by atoms with Gasteiger partial charge in [0.25, 0.3) is 0 Å². The van der Waals surface area contributed by atoms with Gasteiger partial charge in [-0.25, -0.2) is 14.4 Å². The fourth-order valence-corrected chi connectivity index (χ4v) is 1.59. The van der Waals surface area contributed by atoms with Crippen LogP contribution in [0.5, 0.6) is 0 Å². The summed E-state index contributed by atoms with van der Waals surface area (Å²) in [5.74, 6) is 0.0618. The molecule has 0 spiro atoms. The fraction of sp³-hybridized carbons (Fsp3) is 0.0833. The Balaban J connectivity index is 2.13. The van der Waals surface area contributed by atoms with E-state index in [0.29, 0.717) is 18.6 Å². The summed E-state index contributed by atoms with van der Waals surface area (Å²) in [4.78, 5) is 18.5. The largest absolute Gasteiger partial charge is 0.365 e. The highest BCUT2D eigenvalue weighted by Crippen LogP contribution is 2.17. The molecular formula is C12H9ClFN3O. The molecule has 0 aliphatic rings. The van der Waals surface area contributed by atoms with Crippen LogP contribution in [0.4, 0.5) is 10.2 Å². The monoisotopic (exact) mass is 265 g/mol. The number of rotatable bonds is 4. The van der Waals surface area contributed by atoms with Crippen LogP contribution in [0, 0.1) is 5.82 Å². The standard InChI is InChI=1S/C12H9ClFN3O/c13-11-10(6-18)12(17-7-16-11)15-5-8-1-3-9(14)4-2-8/h1-4,6-7H,5H2,(H,15,16,17). The van der Waals surface area contributed by atoms with Crippen molar-refractivity contribution in [1.82, 2.24) is 9.97 Å². The molecule has 0 radical (unpaired) electrons. The number of aromatic nitrogens is 2. The number of hydrogen-bond donors (Lipinski definition) is 1. The number of anilines is 1. The van der Waals surface area contributed by atoms with Crippen molar-refractivity contribution in [3.8, 4) is 0 Å². The highest BCUT2D eigenvalue weighted by atomic mass is 35.5. The van der Waals surface area contributed by atoms with E-state index in [1.165, 1.54) is 18.5 Å². The molecule has 0 unspecified atom stereocenters. The van der Waals surface area contributed by atoms with Gasteiger partial charge >= 0.3 is 0 Å². The Labute approximate surface area is 108 Å². The van der Waals surface area contributed by atoms with Gasteiger partial charge in [0.1, 0.15) is 23.1 Å². The van der Waals surface area contributed by atoms with Crippen LogP contribution in [-0.2, 0) is 6.54 Å². The van der Waals surface area contributed by atoms with Crippen molar-refractivity contribution >= 4 is 23.7 Å². The normalized spacial score (nSPS) is 10.1. The number of nitrogens with zero attached hydrogens (tertiary/aromatic N) is 2. The lowest BCUT2D eigenvalue weighted by atomic mass is 10.2. The molecule has 0 saturated heterocycles. The van der Waals surface area contributed by atoms with Gasteiger partial charge in [-0.3, -0.25) is 4.79 Å². The molecule has 6 heteroatoms. The molecule has 0 aliphatic heterocycles. The zero-order valence-corrected chi connectivity index (χ0v) is 9.99. The number of halogens is 2. The lowest BCUT2D eigenvalue weighted by Gasteiger charge is -2.08. The summed E-state index contributed by atoms with van der Waals surface area (Å²) < 4.78 is 12.7. The van der Waals surface area contributed by atoms with Crippen molar-refractivity contribution in [2.24, 2.45) is 0 Å². The van der Waals surface area contributed by atoms with Crippen LogP contribution in [-0.4, -0.2) is 16.3 Å². The van der Waals surface area contributed by atoms with Gasteiger partial charge in [0.15, 0.2) is 6.29 Å². The summed E-state index contributed by atoms with van der Waals surface area (Å²) >= 11 is 5.76. The summed E-state index contributed by atoms with van der Waals surface area (Å²) in [6, 6.07) is 6.02. The maximum Gasteiger partial charge on any atom is 0.156 e. The Morgan fingerprint density at radius 3 is 2.67 bits per heavy atom. The first-order valence-corrected chi connectivity index (χ1v) is 5.52. The van der Waals surface area contributed by atoms with E-state index in [4.69, 9.17) is 11.6 Å². The summed E-state index contributed by atoms with van der Waals surface area (Å²) in [6.07, 6.45) is 1.86. The van der Waals surface area contributed by atoms with Crippen LogP contribution < -0.4 is 5.32 Å². The lowest BCUT2D eigenvalue weighted by molar-refractivity contribution is 0.112. The molecule has 0 amide bonds. The van der Waals surface area contributed by atoms with Crippen molar-refractivity contribution < 1.29 is 9.18 Å². The van der Waals surface area contributed by atoms with Gasteiger partial charge in [-0.1, -0.05) is 23.7 Å². The summed E-state index contributed by atoms with van der Waals surface area (Å²) in [5.41, 5.74) is 1.07. The molecule has 0 bridgehead atoms. The Kier molecular flexibility index (Phi) is 3.84. The quantitative estimate of drug-likeness (QED) is 0.682. The van der Waals surface area contributed by atoms with E-state index < -0.39 is 0 Å². The zero-order valence-electron chi connectivity index (χ0n) is 9.23. The molecule has 18 heavy (non-hydrogen) atoms. The Bertz CT molecular complexity index is 560. The average molecular weight is 266 g/mol. The average Bonchev–Trinajstić information content (AvgIpc) is 2.38. The first-order valence-electron chi connectivity index (χ1n) is 5.14. The van der Waals surface area contributed by atoms with Gasteiger partial charge in [0.05, 0.1) is 5.56 Å². The minimum atomic E-state index is -0.294. The number of benzene rings is 1. The van der Waals surface area contributed by atoms with E-state index in [1.807, 2.05) is 0 Å². The van der Waals surface area contributed by atoms with Gasteiger partial charge in [0, 0.05) is 6.54 Å². The van der Waals surface area contributed by atoms with Crippen LogP contribution in [0.3, 0.4) is 0 Å². The molecule has 2 rings (SSSR count). The summed E-state index contributed by atoms with van der Waals surface area (Å²) in [5, 5.41) is 3.05. The van der Waals surface area contributed by atoms with Crippen molar-refractivity contribution in [3.63, 3.8) is 0 Å². The fourth-order valence-electron chi connectivity index (χ4n) is 1.41. The topological polar surface area (TPSA) is 54.9 Å². The van der Waals surface area contributed by atoms with E-state index in [0.717, 1.165) is 5.56 Å². The lowest BCUT2D eigenvalue weighted by Crippen LogP contribution is -2.05. The van der Waals surface area contributed by atoms with E-state index in [1.54, 1.807) is 12.1 Å². The first-order chi connectivity index (χ1) is 8.70. The van der Waals surface area contributed by atoms with Crippen molar-refractivity contribution in [2.75, 3.05) is 5.32 Å². The number of nitrogens with one attached hydrogen (secondary N) is 1. The number of hydrogen-bond acceptors (Lipinski definition) is 4. The third kappa shape index (κ3) is 2.81. The van der Waals surface area contributed by atoms with Crippen LogP contribution in [0.15, 0.2) is 30.6 Å². The molecule has 2 aromatic rings. The van der Waals surface area contributed by atoms with Gasteiger partial charge in [0.2, 0.25) is 0 Å². The Morgan fingerprint density at radius 1 is 1.28 bits per heavy atom. The molecule has 1 N–H and O–H groups in total. The van der Waals surface area contributed by atoms with Crippen LogP contribution in [0.2, 0.25) is 5.15 Å². The first kappa shape index (κ1) is 12.4.